The summed E-state index contributed by atoms with van der Waals surface area (Å²) in [5.74, 6) is -1.05. The molecular weight excluding hydrogens is 156 g/mol. The van der Waals surface area contributed by atoms with Crippen molar-refractivity contribution in [2.24, 2.45) is 5.92 Å². The molecule has 0 aromatic rings. The second kappa shape index (κ2) is 5.75. The predicted molar refractivity (Wildman–Crippen MR) is 45.9 cm³/mol. The first kappa shape index (κ1) is 11.1. The van der Waals surface area contributed by atoms with Crippen molar-refractivity contribution in [3.63, 3.8) is 0 Å². The first-order chi connectivity index (χ1) is 5.57. The Balaban J connectivity index is 3.79. The van der Waals surface area contributed by atoms with Crippen molar-refractivity contribution in [2.45, 2.75) is 39.5 Å². The number of aliphatic carboxylic acids is 1. The lowest BCUT2D eigenvalue weighted by atomic mass is 9.97. The van der Waals surface area contributed by atoms with Gasteiger partial charge in [0.25, 0.3) is 0 Å². The predicted octanol–water partition coefficient (Wildman–Crippen LogP) is 1.86. The van der Waals surface area contributed by atoms with Gasteiger partial charge in [0.05, 0.1) is 5.92 Å². The van der Waals surface area contributed by atoms with Gasteiger partial charge < -0.3 is 9.90 Å². The molecule has 0 rings (SSSR count). The van der Waals surface area contributed by atoms with E-state index in [1.807, 2.05) is 6.92 Å². The summed E-state index contributed by atoms with van der Waals surface area (Å²) in [6, 6.07) is 0. The van der Waals surface area contributed by atoms with Gasteiger partial charge in [-0.3, -0.25) is 4.79 Å². The van der Waals surface area contributed by atoms with Crippen LogP contribution in [0.5, 0.6) is 0 Å². The molecule has 1 atom stereocenters. The minimum absolute atomic E-state index is 0.0670. The highest BCUT2D eigenvalue weighted by Crippen LogP contribution is 2.13. The van der Waals surface area contributed by atoms with Crippen LogP contribution in [0.2, 0.25) is 0 Å². The number of carbonyl (C=O) groups is 2. The molecule has 0 radical (unpaired) electrons. The molecule has 0 bridgehead atoms. The molecule has 0 aromatic heterocycles. The summed E-state index contributed by atoms with van der Waals surface area (Å²) in [6.45, 7) is 3.44. The van der Waals surface area contributed by atoms with Crippen molar-refractivity contribution in [3.8, 4) is 0 Å². The zero-order valence-corrected chi connectivity index (χ0v) is 7.67. The molecule has 0 aliphatic heterocycles. The number of ketones is 1. The van der Waals surface area contributed by atoms with Gasteiger partial charge in [0, 0.05) is 6.42 Å². The summed E-state index contributed by atoms with van der Waals surface area (Å²) >= 11 is 0. The maximum Gasteiger partial charge on any atom is 0.306 e. The zero-order chi connectivity index (χ0) is 9.56. The first-order valence-electron chi connectivity index (χ1n) is 4.30. The highest BCUT2D eigenvalue weighted by atomic mass is 16.4. The average molecular weight is 172 g/mol. The van der Waals surface area contributed by atoms with Crippen molar-refractivity contribution in [1.82, 2.24) is 0 Å². The molecule has 0 aliphatic rings. The molecule has 3 nitrogen and oxygen atoms in total. The molecule has 0 amide bonds. The van der Waals surface area contributed by atoms with Gasteiger partial charge in [0.2, 0.25) is 0 Å². The molecule has 70 valence electrons. The van der Waals surface area contributed by atoms with Gasteiger partial charge in [0.1, 0.15) is 5.78 Å². The topological polar surface area (TPSA) is 54.4 Å². The molecule has 0 saturated carbocycles. The Morgan fingerprint density at radius 2 is 1.92 bits per heavy atom. The number of carbonyl (C=O) groups excluding carboxylic acids is 1. The summed E-state index contributed by atoms with van der Waals surface area (Å²) in [5.41, 5.74) is 0. The Kier molecular flexibility index (Phi) is 5.34. The highest BCUT2D eigenvalue weighted by Gasteiger charge is 2.16. The van der Waals surface area contributed by atoms with Crippen LogP contribution in [-0.4, -0.2) is 16.9 Å². The standard InChI is InChI=1S/C9H16O3/c1-3-4-8(9(11)12)6-5-7(2)10/h8H,3-6H2,1-2H3,(H,11,12)/t8-/m1/s1. The Hall–Kier alpha value is -0.860. The quantitative estimate of drug-likeness (QED) is 0.665. The number of Topliss-reactive ketones (excluding diaryl/α,β-unsaturated/α-hetero) is 1. The van der Waals surface area contributed by atoms with Crippen LogP contribution in [0.4, 0.5) is 0 Å². The number of hydrogen-bond acceptors (Lipinski definition) is 2. The van der Waals surface area contributed by atoms with E-state index in [0.717, 1.165) is 6.42 Å². The number of carboxylic acids is 1. The van der Waals surface area contributed by atoms with Crippen LogP contribution >= 0.6 is 0 Å². The van der Waals surface area contributed by atoms with Crippen LogP contribution in [0, 0.1) is 5.92 Å². The van der Waals surface area contributed by atoms with Crippen LogP contribution in [-0.2, 0) is 9.59 Å². The molecule has 0 unspecified atom stereocenters. The summed E-state index contributed by atoms with van der Waals surface area (Å²) in [4.78, 5) is 21.2. The highest BCUT2D eigenvalue weighted by molar-refractivity contribution is 5.76. The number of carboxylic acid groups (broad SMARTS) is 1. The Bertz CT molecular complexity index is 163. The smallest absolute Gasteiger partial charge is 0.306 e. The molecule has 0 heterocycles. The third kappa shape index (κ3) is 4.88. The van der Waals surface area contributed by atoms with Crippen molar-refractivity contribution < 1.29 is 14.7 Å². The van der Waals surface area contributed by atoms with Crippen LogP contribution in [0.15, 0.2) is 0 Å². The fourth-order valence-corrected chi connectivity index (χ4v) is 1.12. The summed E-state index contributed by atoms with van der Waals surface area (Å²) in [7, 11) is 0. The Morgan fingerprint density at radius 3 is 2.25 bits per heavy atom. The molecule has 1 N–H and O–H groups in total. The maximum absolute atomic E-state index is 10.6. The summed E-state index contributed by atoms with van der Waals surface area (Å²) < 4.78 is 0. The van der Waals surface area contributed by atoms with Crippen molar-refractivity contribution in [3.05, 3.63) is 0 Å². The van der Waals surface area contributed by atoms with Gasteiger partial charge in [-0.05, 0) is 19.8 Å². The van der Waals surface area contributed by atoms with Gasteiger partial charge >= 0.3 is 5.97 Å². The van der Waals surface area contributed by atoms with Crippen molar-refractivity contribution >= 4 is 11.8 Å². The van der Waals surface area contributed by atoms with E-state index in [0.29, 0.717) is 19.3 Å². The largest absolute Gasteiger partial charge is 0.481 e. The van der Waals surface area contributed by atoms with Crippen molar-refractivity contribution in [2.75, 3.05) is 0 Å². The number of hydrogen-bond donors (Lipinski definition) is 1. The van der Waals surface area contributed by atoms with Crippen LogP contribution in [0.3, 0.4) is 0 Å². The summed E-state index contributed by atoms with van der Waals surface area (Å²) in [5, 5.41) is 8.71. The average Bonchev–Trinajstić information content (AvgIpc) is 1.96. The minimum atomic E-state index is -0.780. The molecule has 12 heavy (non-hydrogen) atoms. The van der Waals surface area contributed by atoms with Gasteiger partial charge in [-0.15, -0.1) is 0 Å². The fraction of sp³-hybridized carbons (Fsp3) is 0.778. The Labute approximate surface area is 72.8 Å². The third-order valence-corrected chi connectivity index (χ3v) is 1.83. The van der Waals surface area contributed by atoms with Gasteiger partial charge in [-0.1, -0.05) is 13.3 Å². The van der Waals surface area contributed by atoms with Gasteiger partial charge in [0.15, 0.2) is 0 Å². The SMILES string of the molecule is CCC[C@H](CCC(C)=O)C(=O)O. The molecular formula is C9H16O3. The molecule has 3 heteroatoms. The normalized spacial score (nSPS) is 12.5. The van der Waals surface area contributed by atoms with Crippen molar-refractivity contribution in [1.29, 1.82) is 0 Å². The third-order valence-electron chi connectivity index (χ3n) is 1.83. The Morgan fingerprint density at radius 1 is 1.33 bits per heavy atom. The van der Waals surface area contributed by atoms with E-state index < -0.39 is 5.97 Å². The van der Waals surface area contributed by atoms with Crippen LogP contribution < -0.4 is 0 Å². The maximum atomic E-state index is 10.6. The van der Waals surface area contributed by atoms with E-state index in [1.165, 1.54) is 6.92 Å². The van der Waals surface area contributed by atoms with E-state index in [9.17, 15) is 9.59 Å². The first-order valence-corrected chi connectivity index (χ1v) is 4.30. The van der Waals surface area contributed by atoms with Crippen LogP contribution in [0.25, 0.3) is 0 Å². The van der Waals surface area contributed by atoms with E-state index in [-0.39, 0.29) is 11.7 Å². The molecule has 0 fully saturated rings. The molecule has 0 saturated heterocycles. The lowest BCUT2D eigenvalue weighted by Gasteiger charge is -2.08. The fourth-order valence-electron chi connectivity index (χ4n) is 1.12. The molecule has 0 aromatic carbocycles. The molecule has 0 aliphatic carbocycles. The van der Waals surface area contributed by atoms with E-state index in [2.05, 4.69) is 0 Å². The monoisotopic (exact) mass is 172 g/mol. The van der Waals surface area contributed by atoms with E-state index in [1.54, 1.807) is 0 Å². The second-order valence-electron chi connectivity index (χ2n) is 3.06. The van der Waals surface area contributed by atoms with Gasteiger partial charge in [-0.25, -0.2) is 0 Å². The minimum Gasteiger partial charge on any atom is -0.481 e. The zero-order valence-electron chi connectivity index (χ0n) is 7.67. The lowest BCUT2D eigenvalue weighted by Crippen LogP contribution is -2.14. The number of rotatable bonds is 6. The second-order valence-corrected chi connectivity index (χ2v) is 3.06. The van der Waals surface area contributed by atoms with E-state index >= 15 is 0 Å². The van der Waals surface area contributed by atoms with E-state index in [4.69, 9.17) is 5.11 Å². The van der Waals surface area contributed by atoms with Gasteiger partial charge in [-0.2, -0.15) is 0 Å². The molecule has 0 spiro atoms. The lowest BCUT2D eigenvalue weighted by molar-refractivity contribution is -0.142. The summed E-state index contributed by atoms with van der Waals surface area (Å²) in [6.07, 6.45) is 2.40. The van der Waals surface area contributed by atoms with Crippen LogP contribution in [0.1, 0.15) is 39.5 Å².